The van der Waals surface area contributed by atoms with E-state index in [1.807, 2.05) is 0 Å². The number of nitrogens with one attached hydrogen (secondary N) is 1. The van der Waals surface area contributed by atoms with Crippen molar-refractivity contribution in [3.8, 4) is 0 Å². The zero-order valence-electron chi connectivity index (χ0n) is 6.08. The van der Waals surface area contributed by atoms with Crippen molar-refractivity contribution in [1.82, 2.24) is 5.43 Å². The second-order valence-electron chi connectivity index (χ2n) is 2.72. The fourth-order valence-electron chi connectivity index (χ4n) is 0.864. The van der Waals surface area contributed by atoms with Gasteiger partial charge in [-0.2, -0.15) is 0 Å². The third kappa shape index (κ3) is 1.68. The van der Waals surface area contributed by atoms with Crippen molar-refractivity contribution < 1.29 is 9.90 Å². The smallest absolute Gasteiger partial charge is 0.311 e. The SMILES string of the molecule is NNC=NCC1(C(=O)O)CC1. The summed E-state index contributed by atoms with van der Waals surface area (Å²) in [6.45, 7) is 0.326. The van der Waals surface area contributed by atoms with Crippen LogP contribution < -0.4 is 11.3 Å². The lowest BCUT2D eigenvalue weighted by Crippen LogP contribution is -2.22. The van der Waals surface area contributed by atoms with E-state index in [0.29, 0.717) is 6.54 Å². The van der Waals surface area contributed by atoms with Crippen molar-refractivity contribution in [3.05, 3.63) is 0 Å². The highest BCUT2D eigenvalue weighted by molar-refractivity contribution is 5.78. The average molecular weight is 157 g/mol. The molecule has 4 N–H and O–H groups in total. The van der Waals surface area contributed by atoms with Gasteiger partial charge in [0.2, 0.25) is 0 Å². The number of aliphatic carboxylic acids is 1. The molecule has 1 aliphatic carbocycles. The number of aliphatic imine (C=N–C) groups is 1. The molecule has 62 valence electrons. The third-order valence-corrected chi connectivity index (χ3v) is 1.87. The van der Waals surface area contributed by atoms with Crippen molar-refractivity contribution in [2.75, 3.05) is 6.54 Å². The molecule has 0 aromatic carbocycles. The third-order valence-electron chi connectivity index (χ3n) is 1.87. The van der Waals surface area contributed by atoms with E-state index < -0.39 is 11.4 Å². The van der Waals surface area contributed by atoms with Gasteiger partial charge in [0, 0.05) is 0 Å². The van der Waals surface area contributed by atoms with Crippen LogP contribution in [0.4, 0.5) is 0 Å². The first-order chi connectivity index (χ1) is 5.21. The second kappa shape index (κ2) is 2.87. The number of hydrogen-bond acceptors (Lipinski definition) is 3. The minimum atomic E-state index is -0.758. The molecule has 1 fully saturated rings. The molecule has 0 amide bonds. The lowest BCUT2D eigenvalue weighted by atomic mass is 10.1. The first-order valence-corrected chi connectivity index (χ1v) is 3.39. The average Bonchev–Trinajstić information content (AvgIpc) is 2.70. The van der Waals surface area contributed by atoms with Crippen molar-refractivity contribution >= 4 is 12.3 Å². The lowest BCUT2D eigenvalue weighted by Gasteiger charge is -2.03. The molecule has 0 radical (unpaired) electrons. The number of hydrogen-bond donors (Lipinski definition) is 3. The molecule has 0 heterocycles. The van der Waals surface area contributed by atoms with E-state index in [-0.39, 0.29) is 0 Å². The van der Waals surface area contributed by atoms with Gasteiger partial charge in [-0.3, -0.25) is 9.79 Å². The summed E-state index contributed by atoms with van der Waals surface area (Å²) in [6.07, 6.45) is 2.76. The number of carboxylic acid groups (broad SMARTS) is 1. The maximum atomic E-state index is 10.6. The highest BCUT2D eigenvalue weighted by Crippen LogP contribution is 2.45. The Morgan fingerprint density at radius 2 is 2.45 bits per heavy atom. The highest BCUT2D eigenvalue weighted by atomic mass is 16.4. The predicted molar refractivity (Wildman–Crippen MR) is 40.0 cm³/mol. The van der Waals surface area contributed by atoms with Crippen molar-refractivity contribution in [1.29, 1.82) is 0 Å². The summed E-state index contributed by atoms with van der Waals surface area (Å²) >= 11 is 0. The van der Waals surface area contributed by atoms with Gasteiger partial charge in [-0.25, -0.2) is 5.84 Å². The topological polar surface area (TPSA) is 87.7 Å². The van der Waals surface area contributed by atoms with Gasteiger partial charge in [0.25, 0.3) is 0 Å². The van der Waals surface area contributed by atoms with E-state index in [4.69, 9.17) is 10.9 Å². The highest BCUT2D eigenvalue weighted by Gasteiger charge is 2.49. The van der Waals surface area contributed by atoms with E-state index in [1.54, 1.807) is 0 Å². The zero-order valence-corrected chi connectivity index (χ0v) is 6.08. The number of carbonyl (C=O) groups is 1. The Morgan fingerprint density at radius 3 is 2.82 bits per heavy atom. The molecule has 1 rings (SSSR count). The van der Waals surface area contributed by atoms with Gasteiger partial charge < -0.3 is 10.5 Å². The summed E-state index contributed by atoms with van der Waals surface area (Å²) < 4.78 is 0. The molecule has 0 unspecified atom stereocenters. The van der Waals surface area contributed by atoms with Crippen LogP contribution in [0.1, 0.15) is 12.8 Å². The van der Waals surface area contributed by atoms with Crippen LogP contribution in [0.25, 0.3) is 0 Å². The van der Waals surface area contributed by atoms with Crippen molar-refractivity contribution in [2.45, 2.75) is 12.8 Å². The van der Waals surface area contributed by atoms with Gasteiger partial charge >= 0.3 is 5.97 Å². The van der Waals surface area contributed by atoms with Gasteiger partial charge in [0.15, 0.2) is 0 Å². The largest absolute Gasteiger partial charge is 0.481 e. The normalized spacial score (nSPS) is 20.1. The van der Waals surface area contributed by atoms with E-state index in [0.717, 1.165) is 12.8 Å². The second-order valence-corrected chi connectivity index (χ2v) is 2.72. The number of hydrazine groups is 1. The Hall–Kier alpha value is -1.10. The summed E-state index contributed by atoms with van der Waals surface area (Å²) in [5, 5.41) is 8.68. The van der Waals surface area contributed by atoms with Crippen molar-refractivity contribution in [3.63, 3.8) is 0 Å². The van der Waals surface area contributed by atoms with Crippen LogP contribution in [-0.4, -0.2) is 24.0 Å². The molecule has 5 nitrogen and oxygen atoms in total. The van der Waals surface area contributed by atoms with Gasteiger partial charge in [-0.15, -0.1) is 0 Å². The standard InChI is InChI=1S/C6H11N3O2/c7-9-4-8-3-6(1-2-6)5(10)11/h4H,1-3,7H2,(H,8,9)(H,10,11). The van der Waals surface area contributed by atoms with Gasteiger partial charge in [0.1, 0.15) is 0 Å². The molecular formula is C6H11N3O2. The van der Waals surface area contributed by atoms with Crippen molar-refractivity contribution in [2.24, 2.45) is 16.3 Å². The van der Waals surface area contributed by atoms with Crippen LogP contribution in [0, 0.1) is 5.41 Å². The summed E-state index contributed by atoms with van der Waals surface area (Å²) in [5.74, 6) is 4.15. The van der Waals surface area contributed by atoms with Crippen LogP contribution in [0.3, 0.4) is 0 Å². The first kappa shape index (κ1) is 8.00. The maximum Gasteiger partial charge on any atom is 0.311 e. The Balaban J connectivity index is 2.36. The van der Waals surface area contributed by atoms with Gasteiger partial charge in [0.05, 0.1) is 18.3 Å². The molecule has 5 heteroatoms. The fraction of sp³-hybridized carbons (Fsp3) is 0.667. The molecule has 0 aliphatic heterocycles. The summed E-state index contributed by atoms with van der Waals surface area (Å²) in [5.41, 5.74) is 1.65. The van der Waals surface area contributed by atoms with Crippen LogP contribution in [-0.2, 0) is 4.79 Å². The Bertz CT molecular complexity index is 186. The molecule has 1 saturated carbocycles. The summed E-state index contributed by atoms with van der Waals surface area (Å²) in [7, 11) is 0. The van der Waals surface area contributed by atoms with Crippen LogP contribution >= 0.6 is 0 Å². The molecule has 0 saturated heterocycles. The fourth-order valence-corrected chi connectivity index (χ4v) is 0.864. The van der Waals surface area contributed by atoms with Crippen LogP contribution in [0.15, 0.2) is 4.99 Å². The minimum absolute atomic E-state index is 0.326. The zero-order chi connectivity index (χ0) is 8.32. The molecule has 0 spiro atoms. The molecule has 0 aromatic heterocycles. The molecule has 0 bridgehead atoms. The van der Waals surface area contributed by atoms with E-state index in [2.05, 4.69) is 10.4 Å². The lowest BCUT2D eigenvalue weighted by molar-refractivity contribution is -0.142. The summed E-state index contributed by atoms with van der Waals surface area (Å²) in [4.78, 5) is 14.4. The molecule has 1 aliphatic rings. The van der Waals surface area contributed by atoms with Gasteiger partial charge in [-0.05, 0) is 12.8 Å². The maximum absolute atomic E-state index is 10.6. The number of nitrogens with two attached hydrogens (primary N) is 1. The number of nitrogens with zero attached hydrogens (tertiary/aromatic N) is 1. The number of rotatable bonds is 4. The Morgan fingerprint density at radius 1 is 1.82 bits per heavy atom. The molecule has 11 heavy (non-hydrogen) atoms. The van der Waals surface area contributed by atoms with Gasteiger partial charge in [-0.1, -0.05) is 0 Å². The number of carboxylic acids is 1. The van der Waals surface area contributed by atoms with E-state index >= 15 is 0 Å². The minimum Gasteiger partial charge on any atom is -0.481 e. The molecule has 0 atom stereocenters. The predicted octanol–water partition coefficient (Wildman–Crippen LogP) is -0.657. The monoisotopic (exact) mass is 157 g/mol. The quantitative estimate of drug-likeness (QED) is 0.219. The molecule has 0 aromatic rings. The summed E-state index contributed by atoms with van der Waals surface area (Å²) in [6, 6.07) is 0. The van der Waals surface area contributed by atoms with Crippen LogP contribution in [0.5, 0.6) is 0 Å². The van der Waals surface area contributed by atoms with E-state index in [1.165, 1.54) is 6.34 Å². The van der Waals surface area contributed by atoms with E-state index in [9.17, 15) is 4.79 Å². The Kier molecular flexibility index (Phi) is 2.09. The van der Waals surface area contributed by atoms with Crippen LogP contribution in [0.2, 0.25) is 0 Å². The Labute approximate surface area is 64.3 Å². The first-order valence-electron chi connectivity index (χ1n) is 3.39. The molecular weight excluding hydrogens is 146 g/mol.